The summed E-state index contributed by atoms with van der Waals surface area (Å²) in [6, 6.07) is 5.79. The lowest BCUT2D eigenvalue weighted by Gasteiger charge is -2.42. The highest BCUT2D eigenvalue weighted by Gasteiger charge is 2.50. The Morgan fingerprint density at radius 1 is 1.25 bits per heavy atom. The lowest BCUT2D eigenvalue weighted by molar-refractivity contribution is -0.196. The standard InChI is InChI=1S/C19H24O5/c1-2-3-8-21-13-4-5-17-15(11-13)14-6-7-19(22-9-10-23-19)12-16(14)18(20)24-17/h4-5,11,14,16H,2-3,6-10,12H2,1H3/t14-,16+/m1/s1. The Balaban J connectivity index is 1.57. The molecule has 5 heteroatoms. The first-order valence-electron chi connectivity index (χ1n) is 8.97. The van der Waals surface area contributed by atoms with E-state index < -0.39 is 5.79 Å². The van der Waals surface area contributed by atoms with Gasteiger partial charge in [0.25, 0.3) is 0 Å². The first kappa shape index (κ1) is 15.9. The summed E-state index contributed by atoms with van der Waals surface area (Å²) >= 11 is 0. The van der Waals surface area contributed by atoms with Gasteiger partial charge in [0.15, 0.2) is 5.79 Å². The molecule has 2 heterocycles. The Labute approximate surface area is 142 Å². The SMILES string of the molecule is CCCCOc1ccc2c(c1)[C@H]1CCC3(C[C@@H]1C(=O)O2)OCCO3. The van der Waals surface area contributed by atoms with Crippen LogP contribution in [-0.2, 0) is 14.3 Å². The van der Waals surface area contributed by atoms with E-state index in [0.29, 0.717) is 32.0 Å². The molecule has 5 nitrogen and oxygen atoms in total. The van der Waals surface area contributed by atoms with Crippen molar-refractivity contribution in [3.63, 3.8) is 0 Å². The maximum Gasteiger partial charge on any atom is 0.315 e. The van der Waals surface area contributed by atoms with E-state index in [9.17, 15) is 4.79 Å². The van der Waals surface area contributed by atoms with E-state index in [1.54, 1.807) is 0 Å². The van der Waals surface area contributed by atoms with E-state index in [1.807, 2.05) is 18.2 Å². The van der Waals surface area contributed by atoms with E-state index in [1.165, 1.54) is 0 Å². The lowest BCUT2D eigenvalue weighted by atomic mass is 9.71. The number of esters is 1. The molecule has 4 rings (SSSR count). The second kappa shape index (κ2) is 6.37. The van der Waals surface area contributed by atoms with Crippen LogP contribution in [0.1, 0.15) is 50.5 Å². The third-order valence-corrected chi connectivity index (χ3v) is 5.33. The molecule has 0 radical (unpaired) electrons. The van der Waals surface area contributed by atoms with Gasteiger partial charge in [-0.3, -0.25) is 4.79 Å². The lowest BCUT2D eigenvalue weighted by Crippen LogP contribution is -2.45. The van der Waals surface area contributed by atoms with E-state index in [-0.39, 0.29) is 17.8 Å². The number of carbonyl (C=O) groups is 1. The van der Waals surface area contributed by atoms with Crippen molar-refractivity contribution in [1.29, 1.82) is 0 Å². The van der Waals surface area contributed by atoms with Gasteiger partial charge in [0.2, 0.25) is 0 Å². The monoisotopic (exact) mass is 332 g/mol. The second-order valence-electron chi connectivity index (χ2n) is 6.89. The van der Waals surface area contributed by atoms with Crippen LogP contribution in [-0.4, -0.2) is 31.6 Å². The number of ether oxygens (including phenoxy) is 4. The third-order valence-electron chi connectivity index (χ3n) is 5.33. The van der Waals surface area contributed by atoms with Crippen molar-refractivity contribution in [3.8, 4) is 11.5 Å². The van der Waals surface area contributed by atoms with Gasteiger partial charge >= 0.3 is 5.97 Å². The smallest absolute Gasteiger partial charge is 0.315 e. The van der Waals surface area contributed by atoms with E-state index in [2.05, 4.69) is 6.92 Å². The van der Waals surface area contributed by atoms with Crippen molar-refractivity contribution in [2.24, 2.45) is 5.92 Å². The van der Waals surface area contributed by atoms with Crippen LogP contribution in [0.3, 0.4) is 0 Å². The summed E-state index contributed by atoms with van der Waals surface area (Å²) in [5, 5.41) is 0. The fourth-order valence-electron chi connectivity index (χ4n) is 4.05. The molecule has 2 atom stereocenters. The fourth-order valence-corrected chi connectivity index (χ4v) is 4.05. The maximum atomic E-state index is 12.5. The van der Waals surface area contributed by atoms with Gasteiger partial charge in [-0.25, -0.2) is 0 Å². The molecule has 0 aromatic heterocycles. The molecule has 3 aliphatic rings. The normalized spacial score (nSPS) is 27.5. The first-order chi connectivity index (χ1) is 11.7. The predicted molar refractivity (Wildman–Crippen MR) is 87.2 cm³/mol. The van der Waals surface area contributed by atoms with Crippen LogP contribution in [0.15, 0.2) is 18.2 Å². The van der Waals surface area contributed by atoms with Gasteiger partial charge in [0, 0.05) is 24.3 Å². The largest absolute Gasteiger partial charge is 0.494 e. The highest BCUT2D eigenvalue weighted by atomic mass is 16.7. The Morgan fingerprint density at radius 2 is 2.08 bits per heavy atom. The minimum Gasteiger partial charge on any atom is -0.494 e. The zero-order chi connectivity index (χ0) is 16.6. The van der Waals surface area contributed by atoms with Gasteiger partial charge in [-0.1, -0.05) is 13.3 Å². The van der Waals surface area contributed by atoms with E-state index in [0.717, 1.165) is 37.0 Å². The summed E-state index contributed by atoms with van der Waals surface area (Å²) in [7, 11) is 0. The van der Waals surface area contributed by atoms with Crippen LogP contribution in [0.2, 0.25) is 0 Å². The Hall–Kier alpha value is -1.59. The topological polar surface area (TPSA) is 54.0 Å². The Morgan fingerprint density at radius 3 is 2.88 bits per heavy atom. The average molecular weight is 332 g/mol. The maximum absolute atomic E-state index is 12.5. The fraction of sp³-hybridized carbons (Fsp3) is 0.632. The molecule has 130 valence electrons. The summed E-state index contributed by atoms with van der Waals surface area (Å²) in [6.45, 7) is 4.08. The molecule has 24 heavy (non-hydrogen) atoms. The molecule has 1 aliphatic carbocycles. The summed E-state index contributed by atoms with van der Waals surface area (Å²) in [5.41, 5.74) is 1.08. The molecule has 2 fully saturated rings. The Kier molecular flexibility index (Phi) is 4.22. The molecule has 1 aromatic carbocycles. The number of unbranched alkanes of at least 4 members (excludes halogenated alkanes) is 1. The van der Waals surface area contributed by atoms with Crippen molar-refractivity contribution in [3.05, 3.63) is 23.8 Å². The molecule has 2 aliphatic heterocycles. The molecule has 0 amide bonds. The molecular weight excluding hydrogens is 308 g/mol. The third kappa shape index (κ3) is 2.80. The average Bonchev–Trinajstić information content (AvgIpc) is 3.04. The zero-order valence-electron chi connectivity index (χ0n) is 14.1. The van der Waals surface area contributed by atoms with Crippen LogP contribution in [0.25, 0.3) is 0 Å². The minimum absolute atomic E-state index is 0.161. The number of hydrogen-bond donors (Lipinski definition) is 0. The van der Waals surface area contributed by atoms with Crippen LogP contribution in [0.4, 0.5) is 0 Å². The van der Waals surface area contributed by atoms with E-state index in [4.69, 9.17) is 18.9 Å². The molecular formula is C19H24O5. The molecule has 1 aromatic rings. The van der Waals surface area contributed by atoms with E-state index >= 15 is 0 Å². The highest BCUT2D eigenvalue weighted by Crippen LogP contribution is 2.51. The van der Waals surface area contributed by atoms with Gasteiger partial charge in [0.05, 0.1) is 25.7 Å². The molecule has 0 unspecified atom stereocenters. The van der Waals surface area contributed by atoms with Crippen LogP contribution < -0.4 is 9.47 Å². The number of benzene rings is 1. The van der Waals surface area contributed by atoms with Crippen molar-refractivity contribution >= 4 is 5.97 Å². The first-order valence-corrected chi connectivity index (χ1v) is 8.97. The van der Waals surface area contributed by atoms with Crippen molar-refractivity contribution in [1.82, 2.24) is 0 Å². The Bertz CT molecular complexity index is 620. The molecule has 1 saturated carbocycles. The van der Waals surface area contributed by atoms with Gasteiger partial charge < -0.3 is 18.9 Å². The number of rotatable bonds is 4. The minimum atomic E-state index is -0.576. The predicted octanol–water partition coefficient (Wildman–Crippen LogP) is 3.41. The quantitative estimate of drug-likeness (QED) is 0.480. The molecule has 0 N–H and O–H groups in total. The van der Waals surface area contributed by atoms with Gasteiger partial charge in [-0.15, -0.1) is 0 Å². The van der Waals surface area contributed by atoms with Crippen molar-refractivity contribution in [2.45, 2.75) is 50.7 Å². The number of carbonyl (C=O) groups excluding carboxylic acids is 1. The zero-order valence-corrected chi connectivity index (χ0v) is 14.1. The molecule has 0 bridgehead atoms. The summed E-state index contributed by atoms with van der Waals surface area (Å²) in [4.78, 5) is 12.5. The number of hydrogen-bond acceptors (Lipinski definition) is 5. The van der Waals surface area contributed by atoms with Crippen LogP contribution in [0.5, 0.6) is 11.5 Å². The van der Waals surface area contributed by atoms with Gasteiger partial charge in [-0.05, 0) is 31.0 Å². The van der Waals surface area contributed by atoms with Crippen LogP contribution >= 0.6 is 0 Å². The van der Waals surface area contributed by atoms with Gasteiger partial charge in [-0.2, -0.15) is 0 Å². The summed E-state index contributed by atoms with van der Waals surface area (Å²) in [6.07, 6.45) is 4.41. The van der Waals surface area contributed by atoms with Crippen molar-refractivity contribution < 1.29 is 23.7 Å². The van der Waals surface area contributed by atoms with Crippen molar-refractivity contribution in [2.75, 3.05) is 19.8 Å². The number of fused-ring (bicyclic) bond motifs is 3. The highest BCUT2D eigenvalue weighted by molar-refractivity contribution is 5.79. The summed E-state index contributed by atoms with van der Waals surface area (Å²) < 4.78 is 23.0. The molecule has 1 spiro atoms. The summed E-state index contributed by atoms with van der Waals surface area (Å²) in [5.74, 6) is 0.753. The molecule has 1 saturated heterocycles. The second-order valence-corrected chi connectivity index (χ2v) is 6.89. The van der Waals surface area contributed by atoms with Gasteiger partial charge in [0.1, 0.15) is 11.5 Å². The van der Waals surface area contributed by atoms with Crippen LogP contribution in [0, 0.1) is 5.92 Å².